The van der Waals surface area contributed by atoms with Gasteiger partial charge in [-0.05, 0) is 62.4 Å². The van der Waals surface area contributed by atoms with Crippen molar-refractivity contribution in [3.8, 4) is 5.95 Å². The van der Waals surface area contributed by atoms with Gasteiger partial charge in [0.05, 0.1) is 15.5 Å². The van der Waals surface area contributed by atoms with Crippen LogP contribution in [-0.2, 0) is 20.2 Å². The van der Waals surface area contributed by atoms with Gasteiger partial charge in [0.1, 0.15) is 5.82 Å². The summed E-state index contributed by atoms with van der Waals surface area (Å²) >= 11 is 0. The topological polar surface area (TPSA) is 215 Å². The van der Waals surface area contributed by atoms with Crippen molar-refractivity contribution in [3.63, 3.8) is 0 Å². The molecule has 0 spiro atoms. The Morgan fingerprint density at radius 3 is 1.50 bits per heavy atom. The van der Waals surface area contributed by atoms with Crippen molar-refractivity contribution < 1.29 is 25.9 Å². The van der Waals surface area contributed by atoms with E-state index in [2.05, 4.69) is 30.7 Å². The van der Waals surface area contributed by atoms with Gasteiger partial charge in [0.2, 0.25) is 11.9 Å². The van der Waals surface area contributed by atoms with E-state index in [1.807, 2.05) is 0 Å². The number of nitrogens with one attached hydrogen (secondary N) is 2. The maximum absolute atomic E-state index is 11.3. The third-order valence-electron chi connectivity index (χ3n) is 5.03. The molecule has 0 aliphatic heterocycles. The van der Waals surface area contributed by atoms with Gasteiger partial charge in [0, 0.05) is 16.9 Å². The SMILES string of the molecule is Cc1nn(-c2nc(Nc3ccc(S(=O)(=O)O)cc3)nc(Nc3ccc(S(=O)(=O)O)cc3)n2)c(N)c1C. The number of nitrogens with two attached hydrogens (primary N) is 1. The molecule has 0 saturated heterocycles. The highest BCUT2D eigenvalue weighted by Gasteiger charge is 2.16. The lowest BCUT2D eigenvalue weighted by Gasteiger charge is -2.11. The Morgan fingerprint density at radius 1 is 0.750 bits per heavy atom. The molecule has 0 atom stereocenters. The smallest absolute Gasteiger partial charge is 0.294 e. The highest BCUT2D eigenvalue weighted by Crippen LogP contribution is 2.23. The van der Waals surface area contributed by atoms with Crippen molar-refractivity contribution in [1.29, 1.82) is 0 Å². The van der Waals surface area contributed by atoms with Crippen molar-refractivity contribution in [2.45, 2.75) is 23.6 Å². The molecular weight excluding hydrogens is 512 g/mol. The van der Waals surface area contributed by atoms with Crippen LogP contribution in [0.4, 0.5) is 29.1 Å². The van der Waals surface area contributed by atoms with Gasteiger partial charge in [-0.3, -0.25) is 9.11 Å². The van der Waals surface area contributed by atoms with Crippen molar-refractivity contribution in [3.05, 3.63) is 59.8 Å². The van der Waals surface area contributed by atoms with Crippen LogP contribution in [0.2, 0.25) is 0 Å². The predicted octanol–water partition coefficient (Wildman–Crippen LogP) is 2.24. The minimum atomic E-state index is -4.35. The number of benzene rings is 2. The fourth-order valence-electron chi connectivity index (χ4n) is 3.03. The molecule has 0 amide bonds. The molecule has 36 heavy (non-hydrogen) atoms. The summed E-state index contributed by atoms with van der Waals surface area (Å²) in [5, 5.41) is 10.2. The second-order valence-corrected chi connectivity index (χ2v) is 10.4. The maximum atomic E-state index is 11.3. The van der Waals surface area contributed by atoms with Crippen LogP contribution in [0.15, 0.2) is 58.3 Å². The Kier molecular flexibility index (Phi) is 6.35. The van der Waals surface area contributed by atoms with Crippen molar-refractivity contribution >= 4 is 49.3 Å². The molecule has 4 aromatic rings. The van der Waals surface area contributed by atoms with Crippen LogP contribution < -0.4 is 16.4 Å². The molecule has 16 heteroatoms. The van der Waals surface area contributed by atoms with Crippen LogP contribution >= 0.6 is 0 Å². The van der Waals surface area contributed by atoms with Crippen LogP contribution in [-0.4, -0.2) is 50.7 Å². The fraction of sp³-hybridized carbons (Fsp3) is 0.100. The summed E-state index contributed by atoms with van der Waals surface area (Å²) < 4.78 is 64.8. The first-order valence-electron chi connectivity index (χ1n) is 10.1. The molecule has 0 fully saturated rings. The lowest BCUT2D eigenvalue weighted by Crippen LogP contribution is -2.12. The highest BCUT2D eigenvalue weighted by atomic mass is 32.2. The van der Waals surface area contributed by atoms with Gasteiger partial charge in [0.25, 0.3) is 26.2 Å². The lowest BCUT2D eigenvalue weighted by molar-refractivity contribution is 0.481. The summed E-state index contributed by atoms with van der Waals surface area (Å²) in [4.78, 5) is 12.4. The fourth-order valence-corrected chi connectivity index (χ4v) is 3.99. The molecule has 0 aliphatic carbocycles. The number of aryl methyl sites for hydroxylation is 1. The number of anilines is 5. The molecule has 0 bridgehead atoms. The van der Waals surface area contributed by atoms with Crippen LogP contribution in [0.25, 0.3) is 5.95 Å². The molecular formula is C20H20N8O6S2. The van der Waals surface area contributed by atoms with Gasteiger partial charge < -0.3 is 16.4 Å². The van der Waals surface area contributed by atoms with Gasteiger partial charge >= 0.3 is 0 Å². The number of rotatable bonds is 7. The molecule has 2 aromatic heterocycles. The Hall–Kier alpha value is -4.12. The largest absolute Gasteiger partial charge is 0.383 e. The van der Waals surface area contributed by atoms with Crippen molar-refractivity contribution in [2.24, 2.45) is 0 Å². The van der Waals surface area contributed by atoms with E-state index < -0.39 is 20.2 Å². The Balaban J connectivity index is 1.72. The number of hydrogen-bond acceptors (Lipinski definition) is 11. The summed E-state index contributed by atoms with van der Waals surface area (Å²) in [6.07, 6.45) is 0. The average Bonchev–Trinajstić information content (AvgIpc) is 3.06. The molecule has 0 aliphatic rings. The highest BCUT2D eigenvalue weighted by molar-refractivity contribution is 7.86. The summed E-state index contributed by atoms with van der Waals surface area (Å²) in [5.41, 5.74) is 8.37. The van der Waals surface area contributed by atoms with Crippen LogP contribution in [0.1, 0.15) is 11.3 Å². The van der Waals surface area contributed by atoms with Gasteiger partial charge in [-0.2, -0.15) is 41.6 Å². The van der Waals surface area contributed by atoms with Gasteiger partial charge in [-0.25, -0.2) is 0 Å². The molecule has 2 aromatic carbocycles. The summed E-state index contributed by atoms with van der Waals surface area (Å²) in [7, 11) is -8.71. The molecule has 188 valence electrons. The zero-order chi connectivity index (χ0) is 26.3. The Morgan fingerprint density at radius 2 is 1.17 bits per heavy atom. The number of aromatic nitrogens is 5. The maximum Gasteiger partial charge on any atom is 0.294 e. The van der Waals surface area contributed by atoms with Crippen molar-refractivity contribution in [2.75, 3.05) is 16.4 Å². The molecule has 14 nitrogen and oxygen atoms in total. The van der Waals surface area contributed by atoms with Crippen LogP contribution in [0, 0.1) is 13.8 Å². The standard InChI is InChI=1S/C20H20N8O6S2/c1-11-12(2)27-28(17(11)21)20-25-18(22-13-3-7-15(8-4-13)35(29,30)31)24-19(26-20)23-14-5-9-16(10-6-14)36(32,33)34/h3-10H,21H2,1-2H3,(H,29,30,31)(H,32,33,34)(H2,22,23,24,25,26). The number of hydrogen-bond donors (Lipinski definition) is 5. The minimum Gasteiger partial charge on any atom is -0.383 e. The zero-order valence-corrected chi connectivity index (χ0v) is 20.4. The van der Waals surface area contributed by atoms with Gasteiger partial charge in [0.15, 0.2) is 0 Å². The van der Waals surface area contributed by atoms with E-state index in [4.69, 9.17) is 14.8 Å². The van der Waals surface area contributed by atoms with E-state index in [-0.39, 0.29) is 27.6 Å². The molecule has 6 N–H and O–H groups in total. The first-order chi connectivity index (χ1) is 16.8. The van der Waals surface area contributed by atoms with E-state index in [0.29, 0.717) is 22.9 Å². The molecule has 4 rings (SSSR count). The van der Waals surface area contributed by atoms with E-state index in [9.17, 15) is 16.8 Å². The monoisotopic (exact) mass is 532 g/mol. The number of nitrogen functional groups attached to an aromatic ring is 1. The third kappa shape index (κ3) is 5.41. The second-order valence-electron chi connectivity index (χ2n) is 7.54. The molecule has 0 saturated carbocycles. The van der Waals surface area contributed by atoms with E-state index >= 15 is 0 Å². The third-order valence-corrected chi connectivity index (χ3v) is 6.77. The summed E-state index contributed by atoms with van der Waals surface area (Å²) in [5.74, 6) is 0.460. The Bertz CT molecular complexity index is 1560. The predicted molar refractivity (Wildman–Crippen MR) is 130 cm³/mol. The van der Waals surface area contributed by atoms with Gasteiger partial charge in [-0.15, -0.1) is 0 Å². The molecule has 0 radical (unpaired) electrons. The second kappa shape index (κ2) is 9.15. The van der Waals surface area contributed by atoms with Crippen LogP contribution in [0.3, 0.4) is 0 Å². The zero-order valence-electron chi connectivity index (χ0n) is 18.8. The first kappa shape index (κ1) is 25.0. The number of nitrogens with zero attached hydrogens (tertiary/aromatic N) is 5. The molecule has 2 heterocycles. The lowest BCUT2D eigenvalue weighted by atomic mass is 10.3. The summed E-state index contributed by atoms with van der Waals surface area (Å²) in [6.45, 7) is 3.57. The average molecular weight is 533 g/mol. The summed E-state index contributed by atoms with van der Waals surface area (Å²) in [6, 6.07) is 10.4. The van der Waals surface area contributed by atoms with Crippen molar-refractivity contribution in [1.82, 2.24) is 24.7 Å². The van der Waals surface area contributed by atoms with Gasteiger partial charge in [-0.1, -0.05) is 0 Å². The van der Waals surface area contributed by atoms with E-state index in [1.54, 1.807) is 13.8 Å². The minimum absolute atomic E-state index is 0.0434. The van der Waals surface area contributed by atoms with E-state index in [0.717, 1.165) is 5.56 Å². The normalized spacial score (nSPS) is 11.9. The molecule has 0 unspecified atom stereocenters. The Labute approximate surface area is 205 Å². The first-order valence-corrected chi connectivity index (χ1v) is 13.0. The quantitative estimate of drug-likeness (QED) is 0.216. The van der Waals surface area contributed by atoms with E-state index in [1.165, 1.54) is 53.2 Å². The van der Waals surface area contributed by atoms with Crippen LogP contribution in [0.5, 0.6) is 0 Å².